The summed E-state index contributed by atoms with van der Waals surface area (Å²) in [7, 11) is 0. The highest BCUT2D eigenvalue weighted by Crippen LogP contribution is 2.51. The predicted molar refractivity (Wildman–Crippen MR) is 263 cm³/mol. The van der Waals surface area contributed by atoms with Crippen molar-refractivity contribution in [2.45, 2.75) is 19.1 Å². The molecular formula is C61H45N. The van der Waals surface area contributed by atoms with E-state index in [1.165, 1.54) is 12.1 Å². The first-order valence-corrected chi connectivity index (χ1v) is 19.8. The summed E-state index contributed by atoms with van der Waals surface area (Å²) in [6.45, 7) is -7.57. The molecule has 294 valence electrons. The van der Waals surface area contributed by atoms with Gasteiger partial charge in [-0.25, -0.2) is 0 Å². The van der Waals surface area contributed by atoms with Gasteiger partial charge in [-0.05, 0) is 125 Å². The molecule has 62 heavy (non-hydrogen) atoms. The van der Waals surface area contributed by atoms with Gasteiger partial charge in [0.1, 0.15) is 0 Å². The highest BCUT2D eigenvalue weighted by Gasteiger charge is 2.35. The van der Waals surface area contributed by atoms with E-state index in [2.05, 4.69) is 24.3 Å². The van der Waals surface area contributed by atoms with Crippen molar-refractivity contribution in [3.63, 3.8) is 0 Å². The van der Waals surface area contributed by atoms with Crippen LogP contribution < -0.4 is 4.90 Å². The highest BCUT2D eigenvalue weighted by atomic mass is 15.1. The van der Waals surface area contributed by atoms with Gasteiger partial charge in [-0.2, -0.15) is 0 Å². The second kappa shape index (κ2) is 15.4. The molecule has 0 bridgehead atoms. The smallest absolute Gasteiger partial charge is 0.0648 e. The number of benzene rings is 10. The summed E-state index contributed by atoms with van der Waals surface area (Å²) in [5.41, 5.74) is -2.96. The van der Waals surface area contributed by atoms with E-state index in [9.17, 15) is 9.60 Å². The van der Waals surface area contributed by atoms with Crippen molar-refractivity contribution >= 4 is 27.8 Å². The van der Waals surface area contributed by atoms with Crippen LogP contribution in [0.4, 0.5) is 17.1 Å². The normalized spacial score (nSPS) is 17.9. The quantitative estimate of drug-likeness (QED) is 0.148. The third-order valence-electron chi connectivity index (χ3n) is 11.2. The van der Waals surface area contributed by atoms with Crippen molar-refractivity contribution in [3.8, 4) is 66.8 Å². The molecule has 0 fully saturated rings. The molecule has 0 unspecified atom stereocenters. The standard InChI is InChI=1S/C61H45N/c1-61(2)58-20-12-11-19-56(58)57-40-38-53(41-59(57)61)62(51-34-29-47(30-35-51)43-15-7-4-8-16-43)52-36-31-49(32-37-52)55-39-33-48-17-9-10-18-54(48)60(55)50-27-25-46(26-28-50)45-23-21-44(22-24-45)42-13-5-3-6-14-42/h3-41H,1-2H3/i1D3,2D3,4D,7D,8D,11D,12D,15D,16D,19D,20D,29D,30D,34D,35D,38D,40D,41D. The summed E-state index contributed by atoms with van der Waals surface area (Å²) in [6.07, 6.45) is 0. The average Bonchev–Trinajstić information content (AvgIpc) is 2.16. The maximum Gasteiger partial charge on any atom is 0.0648 e. The van der Waals surface area contributed by atoms with Gasteiger partial charge in [0.15, 0.2) is 0 Å². The minimum atomic E-state index is -3.78. The topological polar surface area (TPSA) is 3.24 Å². The van der Waals surface area contributed by atoms with Gasteiger partial charge in [-0.1, -0.05) is 214 Å². The summed E-state index contributed by atoms with van der Waals surface area (Å²) in [5, 5.41) is 1.81. The van der Waals surface area contributed by atoms with Crippen LogP contribution in [0, 0.1) is 0 Å². The van der Waals surface area contributed by atoms with Gasteiger partial charge in [0, 0.05) is 30.7 Å². The Balaban J connectivity index is 1.15. The van der Waals surface area contributed by atoms with Gasteiger partial charge in [-0.3, -0.25) is 0 Å². The molecule has 0 spiro atoms. The van der Waals surface area contributed by atoms with E-state index in [1.54, 1.807) is 12.1 Å². The van der Waals surface area contributed by atoms with E-state index >= 15 is 0 Å². The van der Waals surface area contributed by atoms with E-state index in [-0.39, 0.29) is 5.69 Å². The molecule has 0 N–H and O–H groups in total. The van der Waals surface area contributed by atoms with Crippen LogP contribution >= 0.6 is 0 Å². The molecule has 0 atom stereocenters. The molecule has 0 heterocycles. The molecule has 10 aromatic rings. The summed E-state index contributed by atoms with van der Waals surface area (Å²) in [5.74, 6) is 0. The average molecular weight is 814 g/mol. The molecular weight excluding hydrogens is 747 g/mol. The van der Waals surface area contributed by atoms with E-state index in [0.29, 0.717) is 11.1 Å². The Labute approximate surface area is 395 Å². The van der Waals surface area contributed by atoms with Crippen molar-refractivity contribution < 1.29 is 30.2 Å². The Kier molecular flexibility index (Phi) is 5.13. The largest absolute Gasteiger partial charge is 0.310 e. The second-order valence-electron chi connectivity index (χ2n) is 14.8. The first-order valence-electron chi connectivity index (χ1n) is 30.8. The zero-order valence-corrected chi connectivity index (χ0v) is 32.7. The Morgan fingerprint density at radius 1 is 0.371 bits per heavy atom. The molecule has 1 heteroatoms. The lowest BCUT2D eigenvalue weighted by molar-refractivity contribution is 0.660. The van der Waals surface area contributed by atoms with Crippen LogP contribution in [0.1, 0.15) is 55.0 Å². The van der Waals surface area contributed by atoms with Crippen LogP contribution in [0.5, 0.6) is 0 Å². The Morgan fingerprint density at radius 2 is 0.935 bits per heavy atom. The number of hydrogen-bond acceptors (Lipinski definition) is 1. The van der Waals surface area contributed by atoms with Gasteiger partial charge >= 0.3 is 0 Å². The van der Waals surface area contributed by atoms with Gasteiger partial charge in [0.25, 0.3) is 0 Å². The SMILES string of the molecule is [2H]c1c([2H])c([2H])c(-c2c([2H])c([2H])c(N(c3ccc(-c4ccc5ccccc5c4-c4ccc(-c5ccc(-c6ccccc6)cc5)cc4)cc3)c3c([2H])c([2H])c4c(c3[2H])C(C([2H])([2H])[2H])(C([2H])([2H])[2H])c3c([2H])c([2H])c([2H])c([2H])c3-4)c([2H])c2[2H])c([2H])c1[2H]. The van der Waals surface area contributed by atoms with Crippen molar-refractivity contribution in [2.75, 3.05) is 4.90 Å². The Hall–Kier alpha value is -7.74. The summed E-state index contributed by atoms with van der Waals surface area (Å²) in [6, 6.07) is 29.1. The lowest BCUT2D eigenvalue weighted by Crippen LogP contribution is -2.16. The minimum Gasteiger partial charge on any atom is -0.310 e. The first-order chi connectivity index (χ1) is 39.7. The molecule has 0 saturated heterocycles. The van der Waals surface area contributed by atoms with Crippen LogP contribution in [0.15, 0.2) is 236 Å². The van der Waals surface area contributed by atoms with E-state index < -0.39 is 161 Å². The Morgan fingerprint density at radius 3 is 1.65 bits per heavy atom. The number of hydrogen-bond donors (Lipinski definition) is 0. The fourth-order valence-electron chi connectivity index (χ4n) is 8.10. The number of anilines is 3. The fourth-order valence-corrected chi connectivity index (χ4v) is 8.10. The lowest BCUT2D eigenvalue weighted by Gasteiger charge is -2.28. The zero-order valence-electron chi connectivity index (χ0n) is 54.7. The van der Waals surface area contributed by atoms with E-state index in [1.807, 2.05) is 91.0 Å². The summed E-state index contributed by atoms with van der Waals surface area (Å²) < 4.78 is 199. The molecule has 1 aliphatic carbocycles. The van der Waals surface area contributed by atoms with E-state index in [4.69, 9.17) is 20.6 Å². The van der Waals surface area contributed by atoms with Crippen molar-refractivity contribution in [2.24, 2.45) is 0 Å². The van der Waals surface area contributed by atoms with Crippen LogP contribution in [-0.2, 0) is 5.41 Å². The lowest BCUT2D eigenvalue weighted by atomic mass is 9.82. The predicted octanol–water partition coefficient (Wildman–Crippen LogP) is 17.0. The fraction of sp³-hybridized carbons (Fsp3) is 0.0492. The number of nitrogens with zero attached hydrogens (tertiary/aromatic N) is 1. The molecule has 11 rings (SSSR count). The third kappa shape index (κ3) is 6.60. The number of rotatable bonds is 8. The zero-order chi connectivity index (χ0) is 60.5. The molecule has 0 radical (unpaired) electrons. The highest BCUT2D eigenvalue weighted by molar-refractivity contribution is 6.04. The molecule has 1 nitrogen and oxygen atoms in total. The second-order valence-corrected chi connectivity index (χ2v) is 14.8. The third-order valence-corrected chi connectivity index (χ3v) is 11.2. The number of fused-ring (bicyclic) bond motifs is 4. The summed E-state index contributed by atoms with van der Waals surface area (Å²) in [4.78, 5) is 0.869. The van der Waals surface area contributed by atoms with Gasteiger partial charge < -0.3 is 4.90 Å². The molecule has 0 aromatic heterocycles. The van der Waals surface area contributed by atoms with Crippen LogP contribution in [0.25, 0.3) is 77.5 Å². The molecule has 0 aliphatic heterocycles. The molecule has 0 saturated carbocycles. The molecule has 0 amide bonds. The van der Waals surface area contributed by atoms with E-state index in [0.717, 1.165) is 49.1 Å². The van der Waals surface area contributed by atoms with Crippen molar-refractivity contribution in [3.05, 3.63) is 247 Å². The minimum absolute atomic E-state index is 0.144. The van der Waals surface area contributed by atoms with Crippen LogP contribution in [0.2, 0.25) is 0 Å². The first kappa shape index (κ1) is 20.7. The summed E-state index contributed by atoms with van der Waals surface area (Å²) >= 11 is 0. The maximum atomic E-state index is 10.1. The van der Waals surface area contributed by atoms with Gasteiger partial charge in [-0.15, -0.1) is 0 Å². The molecule has 1 aliphatic rings. The van der Waals surface area contributed by atoms with Crippen LogP contribution in [-0.4, -0.2) is 0 Å². The maximum absolute atomic E-state index is 10.1. The van der Waals surface area contributed by atoms with Gasteiger partial charge in [0.05, 0.1) is 21.9 Å². The van der Waals surface area contributed by atoms with Gasteiger partial charge in [0.2, 0.25) is 0 Å². The van der Waals surface area contributed by atoms with Crippen molar-refractivity contribution in [1.82, 2.24) is 0 Å². The van der Waals surface area contributed by atoms with Crippen LogP contribution in [0.3, 0.4) is 0 Å². The monoisotopic (exact) mass is 813 g/mol. The molecule has 10 aromatic carbocycles. The Bertz CT molecular complexity index is 4310. The van der Waals surface area contributed by atoms with Crippen molar-refractivity contribution in [1.29, 1.82) is 0 Å².